The summed E-state index contributed by atoms with van der Waals surface area (Å²) in [5.74, 6) is 0. The first kappa shape index (κ1) is 12.0. The van der Waals surface area contributed by atoms with Crippen LogP contribution in [0.5, 0.6) is 0 Å². The van der Waals surface area contributed by atoms with Crippen molar-refractivity contribution in [1.29, 1.82) is 0 Å². The molecule has 1 atom stereocenters. The highest BCUT2D eigenvalue weighted by atomic mass is 79.9. The van der Waals surface area contributed by atoms with Gasteiger partial charge in [-0.15, -0.1) is 0 Å². The molecule has 0 spiro atoms. The van der Waals surface area contributed by atoms with Crippen molar-refractivity contribution in [2.24, 2.45) is 0 Å². The average molecular weight is 310 g/mol. The van der Waals surface area contributed by atoms with Gasteiger partial charge in [0.15, 0.2) is 0 Å². The lowest BCUT2D eigenvalue weighted by Gasteiger charge is -2.19. The van der Waals surface area contributed by atoms with Gasteiger partial charge in [-0.1, -0.05) is 6.07 Å². The van der Waals surface area contributed by atoms with E-state index in [0.29, 0.717) is 6.04 Å². The normalized spacial score (nSPS) is 20.9. The summed E-state index contributed by atoms with van der Waals surface area (Å²) in [7, 11) is 2.13. The third-order valence-electron chi connectivity index (χ3n) is 3.82. The Balaban J connectivity index is 2.04. The van der Waals surface area contributed by atoms with Gasteiger partial charge in [0.1, 0.15) is 0 Å². The maximum Gasteiger partial charge on any atom is 0.326 e. The van der Waals surface area contributed by atoms with Gasteiger partial charge in [0.05, 0.1) is 11.0 Å². The van der Waals surface area contributed by atoms with Crippen molar-refractivity contribution in [1.82, 2.24) is 14.5 Å². The maximum absolute atomic E-state index is 12.1. The minimum absolute atomic E-state index is 0.0165. The third-order valence-corrected chi connectivity index (χ3v) is 4.49. The molecule has 0 aliphatic carbocycles. The van der Waals surface area contributed by atoms with E-state index in [4.69, 9.17) is 0 Å². The Kier molecular flexibility index (Phi) is 3.03. The van der Waals surface area contributed by atoms with E-state index >= 15 is 0 Å². The van der Waals surface area contributed by atoms with Crippen molar-refractivity contribution in [3.8, 4) is 0 Å². The van der Waals surface area contributed by atoms with Gasteiger partial charge in [0, 0.05) is 17.1 Å². The zero-order valence-corrected chi connectivity index (χ0v) is 11.9. The Morgan fingerprint density at radius 1 is 1.50 bits per heavy atom. The number of imidazole rings is 1. The molecule has 1 aliphatic rings. The van der Waals surface area contributed by atoms with E-state index in [9.17, 15) is 4.79 Å². The smallest absolute Gasteiger partial charge is 0.305 e. The number of aromatic nitrogens is 2. The van der Waals surface area contributed by atoms with Crippen molar-refractivity contribution in [3.05, 3.63) is 33.2 Å². The van der Waals surface area contributed by atoms with Crippen LogP contribution in [-0.4, -0.2) is 34.1 Å². The van der Waals surface area contributed by atoms with Gasteiger partial charge < -0.3 is 9.88 Å². The Labute approximate surface area is 114 Å². The predicted molar refractivity (Wildman–Crippen MR) is 75.9 cm³/mol. The van der Waals surface area contributed by atoms with Gasteiger partial charge in [-0.25, -0.2) is 4.79 Å². The number of hydrogen-bond acceptors (Lipinski definition) is 2. The zero-order chi connectivity index (χ0) is 12.7. The lowest BCUT2D eigenvalue weighted by Crippen LogP contribution is -2.32. The van der Waals surface area contributed by atoms with Crippen LogP contribution >= 0.6 is 15.9 Å². The van der Waals surface area contributed by atoms with E-state index in [1.165, 1.54) is 12.8 Å². The number of nitrogens with one attached hydrogen (secondary N) is 1. The molecule has 0 saturated carbocycles. The second-order valence-corrected chi connectivity index (χ2v) is 5.81. The molecule has 1 aromatic heterocycles. The molecule has 1 N–H and O–H groups in total. The van der Waals surface area contributed by atoms with Crippen LogP contribution in [0.4, 0.5) is 0 Å². The summed E-state index contributed by atoms with van der Waals surface area (Å²) in [6.45, 7) is 1.90. The fraction of sp³-hybridized carbons (Fsp3) is 0.462. The Morgan fingerprint density at radius 3 is 3.06 bits per heavy atom. The molecule has 5 heteroatoms. The molecule has 96 valence electrons. The molecule has 1 aromatic carbocycles. The summed E-state index contributed by atoms with van der Waals surface area (Å²) in [4.78, 5) is 17.3. The number of H-pyrrole nitrogens is 1. The van der Waals surface area contributed by atoms with Crippen LogP contribution in [0.15, 0.2) is 27.5 Å². The van der Waals surface area contributed by atoms with Gasteiger partial charge in [-0.3, -0.25) is 4.57 Å². The highest BCUT2D eigenvalue weighted by Gasteiger charge is 2.22. The molecule has 1 unspecified atom stereocenters. The summed E-state index contributed by atoms with van der Waals surface area (Å²) in [6.07, 6.45) is 2.39. The first-order valence-electron chi connectivity index (χ1n) is 6.24. The van der Waals surface area contributed by atoms with Crippen LogP contribution in [0.2, 0.25) is 0 Å². The van der Waals surface area contributed by atoms with Gasteiger partial charge >= 0.3 is 5.69 Å². The fourth-order valence-electron chi connectivity index (χ4n) is 2.75. The van der Waals surface area contributed by atoms with Crippen molar-refractivity contribution < 1.29 is 0 Å². The highest BCUT2D eigenvalue weighted by molar-refractivity contribution is 9.10. The topological polar surface area (TPSA) is 41.0 Å². The standard InChI is InChI=1S/C13H16BrN3O/c1-16-7-3-4-9(16)8-17-11-6-2-5-10(14)12(11)15-13(17)18/h2,5-6,9H,3-4,7-8H2,1H3,(H,15,18). The monoisotopic (exact) mass is 309 g/mol. The predicted octanol–water partition coefficient (Wildman–Crippen LogP) is 2.19. The average Bonchev–Trinajstić information content (AvgIpc) is 2.87. The lowest BCUT2D eigenvalue weighted by atomic mass is 10.2. The summed E-state index contributed by atoms with van der Waals surface area (Å²) in [5.41, 5.74) is 1.86. The number of nitrogens with zero attached hydrogens (tertiary/aromatic N) is 2. The van der Waals surface area contributed by atoms with Crippen LogP contribution in [0.1, 0.15) is 12.8 Å². The molecular weight excluding hydrogens is 294 g/mol. The van der Waals surface area contributed by atoms with Crippen LogP contribution in [0, 0.1) is 0 Å². The molecule has 1 fully saturated rings. The molecular formula is C13H16BrN3O. The first-order valence-corrected chi connectivity index (χ1v) is 7.03. The number of hydrogen-bond donors (Lipinski definition) is 1. The summed E-state index contributed by atoms with van der Waals surface area (Å²) in [5, 5.41) is 0. The number of benzene rings is 1. The van der Waals surface area contributed by atoms with Crippen molar-refractivity contribution in [2.75, 3.05) is 13.6 Å². The van der Waals surface area contributed by atoms with E-state index in [1.807, 2.05) is 22.8 Å². The molecule has 4 nitrogen and oxygen atoms in total. The molecule has 0 amide bonds. The van der Waals surface area contributed by atoms with E-state index in [2.05, 4.69) is 32.9 Å². The number of fused-ring (bicyclic) bond motifs is 1. The molecule has 18 heavy (non-hydrogen) atoms. The number of aromatic amines is 1. The lowest BCUT2D eigenvalue weighted by molar-refractivity contribution is 0.282. The minimum Gasteiger partial charge on any atom is -0.305 e. The summed E-state index contributed by atoms with van der Waals surface area (Å²) >= 11 is 3.48. The molecule has 1 aliphatic heterocycles. The van der Waals surface area contributed by atoms with E-state index in [0.717, 1.165) is 28.6 Å². The van der Waals surface area contributed by atoms with Crippen molar-refractivity contribution >= 4 is 27.0 Å². The molecule has 3 rings (SSSR count). The number of likely N-dealkylation sites (tertiary alicyclic amines) is 1. The van der Waals surface area contributed by atoms with Gasteiger partial charge in [0.25, 0.3) is 0 Å². The quantitative estimate of drug-likeness (QED) is 0.924. The zero-order valence-electron chi connectivity index (χ0n) is 10.3. The number of rotatable bonds is 2. The molecule has 2 heterocycles. The molecule has 0 bridgehead atoms. The number of para-hydroxylation sites is 1. The second-order valence-electron chi connectivity index (χ2n) is 4.95. The summed E-state index contributed by atoms with van der Waals surface area (Å²) in [6, 6.07) is 6.38. The van der Waals surface area contributed by atoms with Gasteiger partial charge in [-0.05, 0) is 54.5 Å². The SMILES string of the molecule is CN1CCCC1Cn1c(=O)[nH]c2c(Br)cccc21. The Morgan fingerprint density at radius 2 is 2.33 bits per heavy atom. The van der Waals surface area contributed by atoms with Crippen LogP contribution in [0.25, 0.3) is 11.0 Å². The number of halogens is 1. The molecule has 1 saturated heterocycles. The summed E-state index contributed by atoms with van der Waals surface area (Å²) < 4.78 is 2.79. The Bertz CT molecular complexity index is 631. The van der Waals surface area contributed by atoms with E-state index in [-0.39, 0.29) is 5.69 Å². The van der Waals surface area contributed by atoms with Crippen LogP contribution in [0.3, 0.4) is 0 Å². The highest BCUT2D eigenvalue weighted by Crippen LogP contribution is 2.22. The van der Waals surface area contributed by atoms with E-state index in [1.54, 1.807) is 0 Å². The maximum atomic E-state index is 12.1. The fourth-order valence-corrected chi connectivity index (χ4v) is 3.20. The molecule has 0 radical (unpaired) electrons. The third kappa shape index (κ3) is 1.91. The van der Waals surface area contributed by atoms with Gasteiger partial charge in [0.2, 0.25) is 0 Å². The molecule has 2 aromatic rings. The van der Waals surface area contributed by atoms with Gasteiger partial charge in [-0.2, -0.15) is 0 Å². The Hall–Kier alpha value is -1.07. The van der Waals surface area contributed by atoms with Crippen LogP contribution < -0.4 is 5.69 Å². The van der Waals surface area contributed by atoms with E-state index < -0.39 is 0 Å². The van der Waals surface area contributed by atoms with Crippen LogP contribution in [-0.2, 0) is 6.54 Å². The second kappa shape index (κ2) is 4.55. The first-order chi connectivity index (χ1) is 8.66. The largest absolute Gasteiger partial charge is 0.326 e. The minimum atomic E-state index is -0.0165. The van der Waals surface area contributed by atoms with Crippen molar-refractivity contribution in [2.45, 2.75) is 25.4 Å². The van der Waals surface area contributed by atoms with Crippen molar-refractivity contribution in [3.63, 3.8) is 0 Å². The number of likely N-dealkylation sites (N-methyl/N-ethyl adjacent to an activating group) is 1.